The van der Waals surface area contributed by atoms with Gasteiger partial charge in [0.1, 0.15) is 23.9 Å². The first-order valence-electron chi connectivity index (χ1n) is 13.2. The van der Waals surface area contributed by atoms with Crippen molar-refractivity contribution >= 4 is 22.8 Å². The fraction of sp³-hybridized carbons (Fsp3) is 0.429. The fourth-order valence-electron chi connectivity index (χ4n) is 5.18. The zero-order valence-corrected chi connectivity index (χ0v) is 21.6. The van der Waals surface area contributed by atoms with Crippen molar-refractivity contribution in [3.63, 3.8) is 0 Å². The molecule has 6 rings (SSSR count). The van der Waals surface area contributed by atoms with Crippen LogP contribution in [-0.4, -0.2) is 98.5 Å². The van der Waals surface area contributed by atoms with Crippen LogP contribution in [0.3, 0.4) is 0 Å². The van der Waals surface area contributed by atoms with Crippen LogP contribution >= 0.6 is 0 Å². The third-order valence-corrected chi connectivity index (χ3v) is 7.32. The first-order chi connectivity index (χ1) is 18.7. The lowest BCUT2D eigenvalue weighted by molar-refractivity contribution is 0.0322. The second-order valence-corrected chi connectivity index (χ2v) is 9.71. The molecule has 2 fully saturated rings. The number of nitrogens with zero attached hydrogens (tertiary/aromatic N) is 3. The van der Waals surface area contributed by atoms with Crippen LogP contribution in [-0.2, 0) is 11.3 Å². The van der Waals surface area contributed by atoms with E-state index >= 15 is 0 Å². The van der Waals surface area contributed by atoms with Crippen molar-refractivity contribution in [2.75, 3.05) is 72.7 Å². The number of ether oxygens (including phenoxy) is 4. The molecule has 2 N–H and O–H groups in total. The standard InChI is InChI=1S/C28H33N5O5/c1-35-25-5-3-20-27(34)26(38-28(20)22(25)18-33-8-6-29-7-9-33)17-24-21-16-19(2-4-23(21)30-31-24)37-15-12-32-10-13-36-14-11-32/h2-5,16-17,29H,6-15,18H2,1H3,(H,30,31)/b26-17-. The minimum absolute atomic E-state index is 0.154. The summed E-state index contributed by atoms with van der Waals surface area (Å²) in [6, 6.07) is 9.46. The van der Waals surface area contributed by atoms with Gasteiger partial charge in [0.15, 0.2) is 5.76 Å². The maximum atomic E-state index is 13.3. The lowest BCUT2D eigenvalue weighted by Gasteiger charge is -2.28. The highest BCUT2D eigenvalue weighted by Crippen LogP contribution is 2.41. The zero-order chi connectivity index (χ0) is 25.9. The van der Waals surface area contributed by atoms with Crippen LogP contribution in [0.5, 0.6) is 17.2 Å². The molecule has 3 aliphatic heterocycles. The number of hydrogen-bond acceptors (Lipinski definition) is 9. The SMILES string of the molecule is COc1ccc2c(c1CN1CCNCC1)O/C(=C\c1n[nH]c3ccc(OCCN4CCOCC4)cc13)C2=O. The molecule has 0 radical (unpaired) electrons. The maximum absolute atomic E-state index is 13.3. The maximum Gasteiger partial charge on any atom is 0.232 e. The van der Waals surface area contributed by atoms with Crippen molar-refractivity contribution in [1.82, 2.24) is 25.3 Å². The number of morpholine rings is 1. The predicted octanol–water partition coefficient (Wildman–Crippen LogP) is 2.30. The van der Waals surface area contributed by atoms with E-state index in [4.69, 9.17) is 18.9 Å². The van der Waals surface area contributed by atoms with Gasteiger partial charge in [0.05, 0.1) is 42.7 Å². The van der Waals surface area contributed by atoms with Crippen molar-refractivity contribution in [3.05, 3.63) is 52.9 Å². The second-order valence-electron chi connectivity index (χ2n) is 9.71. The van der Waals surface area contributed by atoms with Crippen LogP contribution in [0.2, 0.25) is 0 Å². The van der Waals surface area contributed by atoms with Gasteiger partial charge >= 0.3 is 0 Å². The summed E-state index contributed by atoms with van der Waals surface area (Å²) in [6.07, 6.45) is 1.71. The number of hydrogen-bond donors (Lipinski definition) is 2. The number of aromatic amines is 1. The third kappa shape index (κ3) is 5.12. The van der Waals surface area contributed by atoms with Gasteiger partial charge in [-0.1, -0.05) is 0 Å². The summed E-state index contributed by atoms with van der Waals surface area (Å²) >= 11 is 0. The molecule has 0 aliphatic carbocycles. The Morgan fingerprint density at radius 1 is 1.08 bits per heavy atom. The number of H-pyrrole nitrogens is 1. The summed E-state index contributed by atoms with van der Waals surface area (Å²) in [5.74, 6) is 2.16. The lowest BCUT2D eigenvalue weighted by Crippen LogP contribution is -2.43. The molecule has 200 valence electrons. The topological polar surface area (TPSA) is 101 Å². The van der Waals surface area contributed by atoms with Gasteiger partial charge in [0.2, 0.25) is 5.78 Å². The minimum Gasteiger partial charge on any atom is -0.496 e. The highest BCUT2D eigenvalue weighted by molar-refractivity contribution is 6.15. The quantitative estimate of drug-likeness (QED) is 0.434. The number of carbonyl (C=O) groups excluding carboxylic acids is 1. The highest BCUT2D eigenvalue weighted by Gasteiger charge is 2.32. The van der Waals surface area contributed by atoms with Crippen LogP contribution in [0.4, 0.5) is 0 Å². The van der Waals surface area contributed by atoms with E-state index in [-0.39, 0.29) is 11.5 Å². The van der Waals surface area contributed by atoms with E-state index in [1.807, 2.05) is 24.3 Å². The van der Waals surface area contributed by atoms with Crippen molar-refractivity contribution < 1.29 is 23.7 Å². The van der Waals surface area contributed by atoms with E-state index in [0.717, 1.165) is 87.0 Å². The van der Waals surface area contributed by atoms with Gasteiger partial charge in [-0.25, -0.2) is 0 Å². The smallest absolute Gasteiger partial charge is 0.232 e. The van der Waals surface area contributed by atoms with E-state index in [1.54, 1.807) is 19.3 Å². The Labute approximate surface area is 221 Å². The van der Waals surface area contributed by atoms with E-state index in [0.29, 0.717) is 30.2 Å². The number of piperazine rings is 1. The van der Waals surface area contributed by atoms with Crippen LogP contribution in [0.15, 0.2) is 36.1 Å². The van der Waals surface area contributed by atoms with Gasteiger partial charge in [0, 0.05) is 63.8 Å². The summed E-state index contributed by atoms with van der Waals surface area (Å²) in [5.41, 5.74) is 2.94. The Morgan fingerprint density at radius 3 is 2.74 bits per heavy atom. The molecule has 4 heterocycles. The monoisotopic (exact) mass is 519 g/mol. The van der Waals surface area contributed by atoms with Crippen LogP contribution in [0.1, 0.15) is 21.6 Å². The molecule has 0 spiro atoms. The van der Waals surface area contributed by atoms with Gasteiger partial charge in [-0.2, -0.15) is 5.10 Å². The summed E-state index contributed by atoms with van der Waals surface area (Å²) < 4.78 is 23.3. The molecule has 0 amide bonds. The number of nitrogens with one attached hydrogen (secondary N) is 2. The molecular formula is C28H33N5O5. The molecule has 10 heteroatoms. The van der Waals surface area contributed by atoms with E-state index in [2.05, 4.69) is 25.3 Å². The van der Waals surface area contributed by atoms with Gasteiger partial charge in [-0.15, -0.1) is 0 Å². The van der Waals surface area contributed by atoms with Crippen molar-refractivity contribution in [3.8, 4) is 17.2 Å². The molecule has 0 unspecified atom stereocenters. The number of rotatable bonds is 8. The predicted molar refractivity (Wildman–Crippen MR) is 143 cm³/mol. The molecule has 3 aromatic rings. The minimum atomic E-state index is -0.154. The van der Waals surface area contributed by atoms with Crippen molar-refractivity contribution in [2.45, 2.75) is 6.54 Å². The van der Waals surface area contributed by atoms with Crippen LogP contribution in [0, 0.1) is 0 Å². The molecule has 2 aromatic carbocycles. The van der Waals surface area contributed by atoms with Gasteiger partial charge in [0.25, 0.3) is 0 Å². The lowest BCUT2D eigenvalue weighted by atomic mass is 10.0. The summed E-state index contributed by atoms with van der Waals surface area (Å²) in [7, 11) is 1.65. The largest absolute Gasteiger partial charge is 0.496 e. The zero-order valence-electron chi connectivity index (χ0n) is 21.6. The molecule has 0 bridgehead atoms. The van der Waals surface area contributed by atoms with E-state index in [1.165, 1.54) is 0 Å². The highest BCUT2D eigenvalue weighted by atomic mass is 16.5. The molecular weight excluding hydrogens is 486 g/mol. The number of Topliss-reactive ketones (excluding diaryl/α,β-unsaturated/α-hetero) is 1. The van der Waals surface area contributed by atoms with Gasteiger partial charge < -0.3 is 24.3 Å². The molecule has 38 heavy (non-hydrogen) atoms. The number of aromatic nitrogens is 2. The van der Waals surface area contributed by atoms with Crippen LogP contribution < -0.4 is 19.5 Å². The summed E-state index contributed by atoms with van der Waals surface area (Å²) in [4.78, 5) is 18.0. The molecule has 2 saturated heterocycles. The van der Waals surface area contributed by atoms with Crippen LogP contribution in [0.25, 0.3) is 17.0 Å². The number of fused-ring (bicyclic) bond motifs is 2. The molecule has 0 atom stereocenters. The Morgan fingerprint density at radius 2 is 1.92 bits per heavy atom. The Hall–Kier alpha value is -3.44. The molecule has 3 aliphatic rings. The number of carbonyl (C=O) groups is 1. The summed E-state index contributed by atoms with van der Waals surface area (Å²) in [5, 5.41) is 11.7. The first kappa shape index (κ1) is 24.9. The van der Waals surface area contributed by atoms with E-state index in [9.17, 15) is 4.79 Å². The average molecular weight is 520 g/mol. The van der Waals surface area contributed by atoms with Gasteiger partial charge in [-0.3, -0.25) is 19.7 Å². The molecule has 1 aromatic heterocycles. The average Bonchev–Trinajstić information content (AvgIpc) is 3.50. The Balaban J connectivity index is 1.22. The van der Waals surface area contributed by atoms with Gasteiger partial charge in [-0.05, 0) is 30.3 Å². The third-order valence-electron chi connectivity index (χ3n) is 7.32. The Kier molecular flexibility index (Phi) is 7.28. The Bertz CT molecular complexity index is 1340. The number of methoxy groups -OCH3 is 1. The second kappa shape index (κ2) is 11.1. The van der Waals surface area contributed by atoms with Crippen molar-refractivity contribution in [1.29, 1.82) is 0 Å². The van der Waals surface area contributed by atoms with E-state index < -0.39 is 0 Å². The van der Waals surface area contributed by atoms with Crippen molar-refractivity contribution in [2.24, 2.45) is 0 Å². The summed E-state index contributed by atoms with van der Waals surface area (Å²) in [6.45, 7) is 9.24. The fourth-order valence-corrected chi connectivity index (χ4v) is 5.18. The number of ketones is 1. The normalized spacial score (nSPS) is 19.6. The first-order valence-corrected chi connectivity index (χ1v) is 13.2. The molecule has 10 nitrogen and oxygen atoms in total. The number of allylic oxidation sites excluding steroid dienone is 1. The molecule has 0 saturated carbocycles. The number of benzene rings is 2.